The molecule has 0 aliphatic carbocycles. The Kier molecular flexibility index (Phi) is 4.67. The minimum atomic E-state index is -0.151. The summed E-state index contributed by atoms with van der Waals surface area (Å²) in [5, 5.41) is 9.34. The predicted octanol–water partition coefficient (Wildman–Crippen LogP) is 1.95. The van der Waals surface area contributed by atoms with E-state index in [1.807, 2.05) is 25.1 Å². The first-order valence-corrected chi connectivity index (χ1v) is 8.55. The fourth-order valence-electron chi connectivity index (χ4n) is 2.47. The van der Waals surface area contributed by atoms with E-state index in [0.29, 0.717) is 14.8 Å². The number of carbonyl (C=O) groups excluding carboxylic acids is 1. The number of carbonyl (C=O) groups is 1. The number of benzene rings is 2. The Hall–Kier alpha value is -2.92. The number of aromatic hydroxyl groups is 1. The van der Waals surface area contributed by atoms with E-state index >= 15 is 0 Å². The first-order valence-electron chi connectivity index (χ1n) is 7.74. The Bertz CT molecular complexity index is 1110. The lowest BCUT2D eigenvalue weighted by molar-refractivity contribution is 0.106. The summed E-state index contributed by atoms with van der Waals surface area (Å²) in [5.74, 6) is 0.0558. The molecule has 4 nitrogen and oxygen atoms in total. The van der Waals surface area contributed by atoms with E-state index in [-0.39, 0.29) is 17.1 Å². The predicted molar refractivity (Wildman–Crippen MR) is 100 cm³/mol. The summed E-state index contributed by atoms with van der Waals surface area (Å²) in [5.41, 5.74) is 2.20. The second-order valence-corrected chi connectivity index (χ2v) is 6.79. The maximum absolute atomic E-state index is 12.5. The zero-order chi connectivity index (χ0) is 18.0. The van der Waals surface area contributed by atoms with Gasteiger partial charge in [0, 0.05) is 18.7 Å². The van der Waals surface area contributed by atoms with Crippen molar-refractivity contribution in [1.82, 2.24) is 4.57 Å². The molecule has 25 heavy (non-hydrogen) atoms. The van der Waals surface area contributed by atoms with Crippen molar-refractivity contribution in [3.63, 3.8) is 0 Å². The third-order valence-electron chi connectivity index (χ3n) is 3.92. The summed E-state index contributed by atoms with van der Waals surface area (Å²) in [6.45, 7) is 1.89. The van der Waals surface area contributed by atoms with E-state index in [0.717, 1.165) is 11.1 Å². The van der Waals surface area contributed by atoms with E-state index in [4.69, 9.17) is 0 Å². The Balaban J connectivity index is 2.07. The summed E-state index contributed by atoms with van der Waals surface area (Å²) in [6.07, 6.45) is 3.25. The van der Waals surface area contributed by atoms with Crippen LogP contribution in [0.5, 0.6) is 5.75 Å². The van der Waals surface area contributed by atoms with Gasteiger partial charge in [-0.25, -0.2) is 0 Å². The number of Topliss-reactive ketones (excluding diaryl/α,β-unsaturated/α-hetero) is 1. The van der Waals surface area contributed by atoms with E-state index in [2.05, 4.69) is 0 Å². The SMILES string of the molecule is Cc1ccccc1C(=O)/C=c1/s/c(=C/c2ccc(O)cc2)c(=O)n1C. The number of hydrogen-bond donors (Lipinski definition) is 1. The number of nitrogens with zero attached hydrogens (tertiary/aromatic N) is 1. The van der Waals surface area contributed by atoms with Gasteiger partial charge in [0.1, 0.15) is 10.4 Å². The number of thiazole rings is 1. The molecule has 5 heteroatoms. The van der Waals surface area contributed by atoms with Gasteiger partial charge in [-0.3, -0.25) is 9.59 Å². The molecule has 0 saturated heterocycles. The van der Waals surface area contributed by atoms with E-state index in [1.165, 1.54) is 22.0 Å². The Morgan fingerprint density at radius 2 is 1.80 bits per heavy atom. The number of hydrogen-bond acceptors (Lipinski definition) is 4. The van der Waals surface area contributed by atoms with Gasteiger partial charge in [0.2, 0.25) is 0 Å². The van der Waals surface area contributed by atoms with E-state index in [1.54, 1.807) is 43.5 Å². The molecule has 3 aromatic rings. The third kappa shape index (κ3) is 3.61. The summed E-state index contributed by atoms with van der Waals surface area (Å²) in [4.78, 5) is 24.9. The summed E-state index contributed by atoms with van der Waals surface area (Å²) < 4.78 is 2.62. The van der Waals surface area contributed by atoms with Crippen LogP contribution in [0.1, 0.15) is 21.5 Å². The molecule has 0 radical (unpaired) electrons. The zero-order valence-electron chi connectivity index (χ0n) is 13.9. The second kappa shape index (κ2) is 6.91. The largest absolute Gasteiger partial charge is 0.508 e. The van der Waals surface area contributed by atoms with Gasteiger partial charge in [0.25, 0.3) is 5.56 Å². The third-order valence-corrected chi connectivity index (χ3v) is 5.03. The molecule has 0 bridgehead atoms. The highest BCUT2D eigenvalue weighted by Gasteiger charge is 2.07. The zero-order valence-corrected chi connectivity index (χ0v) is 14.7. The lowest BCUT2D eigenvalue weighted by Crippen LogP contribution is -2.29. The molecule has 0 fully saturated rings. The van der Waals surface area contributed by atoms with Crippen LogP contribution in [0.2, 0.25) is 0 Å². The van der Waals surface area contributed by atoms with Crippen LogP contribution in [0.3, 0.4) is 0 Å². The first-order chi connectivity index (χ1) is 12.0. The summed E-state index contributed by atoms with van der Waals surface area (Å²) in [6, 6.07) is 14.0. The molecule has 0 saturated carbocycles. The molecule has 0 atom stereocenters. The van der Waals surface area contributed by atoms with Crippen molar-refractivity contribution in [2.75, 3.05) is 0 Å². The molecular weight excluding hydrogens is 334 g/mol. The van der Waals surface area contributed by atoms with Crippen LogP contribution < -0.4 is 14.8 Å². The summed E-state index contributed by atoms with van der Waals surface area (Å²) >= 11 is 1.27. The van der Waals surface area contributed by atoms with Gasteiger partial charge < -0.3 is 9.67 Å². The van der Waals surface area contributed by atoms with Crippen molar-refractivity contribution >= 4 is 29.3 Å². The monoisotopic (exact) mass is 351 g/mol. The number of rotatable bonds is 3. The van der Waals surface area contributed by atoms with Crippen LogP contribution in [0.15, 0.2) is 53.3 Å². The molecule has 1 N–H and O–H groups in total. The molecule has 0 aliphatic rings. The Morgan fingerprint density at radius 1 is 1.12 bits per heavy atom. The summed E-state index contributed by atoms with van der Waals surface area (Å²) in [7, 11) is 1.66. The van der Waals surface area contributed by atoms with Crippen LogP contribution in [-0.2, 0) is 7.05 Å². The lowest BCUT2D eigenvalue weighted by Gasteiger charge is -1.99. The van der Waals surface area contributed by atoms with Crippen molar-refractivity contribution in [2.45, 2.75) is 6.92 Å². The fraction of sp³-hybridized carbons (Fsp3) is 0.100. The standard InChI is InChI=1S/C20H17NO3S/c1-13-5-3-4-6-16(13)17(23)12-19-21(2)20(24)18(25-19)11-14-7-9-15(22)10-8-14/h3-12,22H,1-2H3/b18-11+,19-12+. The molecule has 0 unspecified atom stereocenters. The van der Waals surface area contributed by atoms with Crippen molar-refractivity contribution in [1.29, 1.82) is 0 Å². The Labute approximate surface area is 148 Å². The minimum Gasteiger partial charge on any atom is -0.508 e. The van der Waals surface area contributed by atoms with Crippen molar-refractivity contribution in [3.05, 3.63) is 84.8 Å². The highest BCUT2D eigenvalue weighted by atomic mass is 32.1. The highest BCUT2D eigenvalue weighted by Crippen LogP contribution is 2.10. The fourth-order valence-corrected chi connectivity index (χ4v) is 3.50. The molecule has 2 aromatic carbocycles. The molecule has 0 aliphatic heterocycles. The number of aryl methyl sites for hydroxylation is 1. The van der Waals surface area contributed by atoms with Crippen LogP contribution in [0, 0.1) is 6.92 Å². The lowest BCUT2D eigenvalue weighted by atomic mass is 10.1. The molecule has 3 rings (SSSR count). The van der Waals surface area contributed by atoms with Crippen molar-refractivity contribution in [2.24, 2.45) is 7.05 Å². The topological polar surface area (TPSA) is 59.3 Å². The number of phenolic OH excluding ortho intramolecular Hbond substituents is 1. The average Bonchev–Trinajstić information content (AvgIpc) is 2.85. The first kappa shape index (κ1) is 16.9. The van der Waals surface area contributed by atoms with Crippen LogP contribution in [-0.4, -0.2) is 15.5 Å². The Morgan fingerprint density at radius 3 is 2.48 bits per heavy atom. The molecule has 1 heterocycles. The quantitative estimate of drug-likeness (QED) is 0.734. The van der Waals surface area contributed by atoms with Crippen LogP contribution in [0.4, 0.5) is 0 Å². The smallest absolute Gasteiger partial charge is 0.268 e. The average molecular weight is 351 g/mol. The van der Waals surface area contributed by atoms with Gasteiger partial charge in [-0.15, -0.1) is 11.3 Å². The molecule has 126 valence electrons. The van der Waals surface area contributed by atoms with E-state index in [9.17, 15) is 14.7 Å². The van der Waals surface area contributed by atoms with Crippen LogP contribution >= 0.6 is 11.3 Å². The van der Waals surface area contributed by atoms with Gasteiger partial charge >= 0.3 is 0 Å². The van der Waals surface area contributed by atoms with Gasteiger partial charge in [-0.1, -0.05) is 36.4 Å². The number of ketones is 1. The van der Waals surface area contributed by atoms with Gasteiger partial charge in [-0.2, -0.15) is 0 Å². The van der Waals surface area contributed by atoms with Crippen LogP contribution in [0.25, 0.3) is 12.2 Å². The molecular formula is C20H17NO3S. The number of phenols is 1. The van der Waals surface area contributed by atoms with Crippen molar-refractivity contribution in [3.8, 4) is 5.75 Å². The number of aromatic nitrogens is 1. The second-order valence-electron chi connectivity index (χ2n) is 5.73. The minimum absolute atomic E-state index is 0.119. The highest BCUT2D eigenvalue weighted by molar-refractivity contribution is 7.07. The van der Waals surface area contributed by atoms with Gasteiger partial charge in [0.05, 0.1) is 4.53 Å². The van der Waals surface area contributed by atoms with Gasteiger partial charge in [-0.05, 0) is 36.3 Å². The van der Waals surface area contributed by atoms with Gasteiger partial charge in [0.15, 0.2) is 5.78 Å². The normalized spacial score (nSPS) is 12.6. The van der Waals surface area contributed by atoms with Crippen molar-refractivity contribution < 1.29 is 9.90 Å². The maximum Gasteiger partial charge on any atom is 0.268 e. The molecule has 0 amide bonds. The van der Waals surface area contributed by atoms with E-state index < -0.39 is 0 Å². The molecule has 0 spiro atoms. The maximum atomic E-state index is 12.5. The molecule has 1 aromatic heterocycles.